The van der Waals surface area contributed by atoms with Crippen LogP contribution in [0.15, 0.2) is 21.7 Å². The first kappa shape index (κ1) is 25.3. The average Bonchev–Trinajstić information content (AvgIpc) is 3.49. The second kappa shape index (κ2) is 12.8. The van der Waals surface area contributed by atoms with Crippen molar-refractivity contribution >= 4 is 34.3 Å². The molecule has 1 saturated carbocycles. The van der Waals surface area contributed by atoms with Gasteiger partial charge in [-0.25, -0.2) is 23.1 Å². The summed E-state index contributed by atoms with van der Waals surface area (Å²) in [6.07, 6.45) is 9.35. The fourth-order valence-electron chi connectivity index (χ4n) is 4.36. The molecule has 0 radical (unpaired) electrons. The number of aliphatic imine (C=N–C) groups is 2. The van der Waals surface area contributed by atoms with Gasteiger partial charge < -0.3 is 9.64 Å². The Bertz CT molecular complexity index is 690. The van der Waals surface area contributed by atoms with Crippen LogP contribution in [0.5, 0.6) is 0 Å². The first-order valence-corrected chi connectivity index (χ1v) is 13.3. The van der Waals surface area contributed by atoms with E-state index >= 15 is 0 Å². The summed E-state index contributed by atoms with van der Waals surface area (Å²) in [5, 5.41) is 0. The monoisotopic (exact) mass is 460 g/mol. The second-order valence-electron chi connectivity index (χ2n) is 8.44. The smallest absolute Gasteiger partial charge is 0.224 e. The molecule has 30 heavy (non-hydrogen) atoms. The molecule has 2 rings (SSSR count). The zero-order chi connectivity index (χ0) is 22.0. The van der Waals surface area contributed by atoms with E-state index < -0.39 is 10.0 Å². The number of hydrogen-bond acceptors (Lipinski definition) is 4. The van der Waals surface area contributed by atoms with Crippen LogP contribution in [0.1, 0.15) is 45.4 Å². The van der Waals surface area contributed by atoms with Gasteiger partial charge in [0.2, 0.25) is 16.0 Å². The van der Waals surface area contributed by atoms with Gasteiger partial charge >= 0.3 is 0 Å². The molecule has 172 valence electrons. The summed E-state index contributed by atoms with van der Waals surface area (Å²) >= 11 is 5.54. The molecule has 1 aliphatic heterocycles. The van der Waals surface area contributed by atoms with E-state index in [2.05, 4.69) is 33.2 Å². The molecule has 1 unspecified atom stereocenters. The first-order chi connectivity index (χ1) is 14.4. The lowest BCUT2D eigenvalue weighted by Gasteiger charge is -2.32. The van der Waals surface area contributed by atoms with Crippen LogP contribution in [0.4, 0.5) is 0 Å². The van der Waals surface area contributed by atoms with Gasteiger partial charge in [0.1, 0.15) is 0 Å². The number of rotatable bonds is 12. The number of hydrogen-bond donors (Lipinski definition) is 1. The van der Waals surface area contributed by atoms with Gasteiger partial charge in [-0.3, -0.25) is 0 Å². The van der Waals surface area contributed by atoms with E-state index in [1.54, 1.807) is 6.20 Å². The summed E-state index contributed by atoms with van der Waals surface area (Å²) in [6, 6.07) is 0. The van der Waals surface area contributed by atoms with Crippen molar-refractivity contribution in [2.75, 3.05) is 39.1 Å². The van der Waals surface area contributed by atoms with Gasteiger partial charge in [-0.05, 0) is 62.5 Å². The molecule has 1 saturated heterocycles. The Hall–Kier alpha value is -0.960. The summed E-state index contributed by atoms with van der Waals surface area (Å²) in [6.45, 7) is 9.68. The van der Waals surface area contributed by atoms with Crippen LogP contribution < -0.4 is 4.72 Å². The second-order valence-corrected chi connectivity index (χ2v) is 10.5. The minimum Gasteiger partial charge on any atom is -0.381 e. The van der Waals surface area contributed by atoms with E-state index in [1.165, 1.54) is 31.1 Å². The van der Waals surface area contributed by atoms with E-state index in [-0.39, 0.29) is 0 Å². The van der Waals surface area contributed by atoms with E-state index in [0.29, 0.717) is 25.0 Å². The molecule has 0 spiro atoms. The van der Waals surface area contributed by atoms with Gasteiger partial charge in [-0.1, -0.05) is 24.9 Å². The topological polar surface area (TPSA) is 83.4 Å². The van der Waals surface area contributed by atoms with Gasteiger partial charge in [0, 0.05) is 44.6 Å². The maximum atomic E-state index is 11.1. The Morgan fingerprint density at radius 3 is 2.73 bits per heavy atom. The van der Waals surface area contributed by atoms with Gasteiger partial charge in [-0.2, -0.15) is 0 Å². The van der Waals surface area contributed by atoms with E-state index in [0.717, 1.165) is 56.7 Å². The molecule has 0 aromatic carbocycles. The van der Waals surface area contributed by atoms with Crippen molar-refractivity contribution in [1.82, 2.24) is 9.62 Å². The number of halogens is 1. The van der Waals surface area contributed by atoms with Gasteiger partial charge in [-0.15, -0.1) is 0 Å². The highest BCUT2D eigenvalue weighted by atomic mass is 35.5. The Morgan fingerprint density at radius 1 is 1.40 bits per heavy atom. The van der Waals surface area contributed by atoms with Crippen molar-refractivity contribution in [2.24, 2.45) is 33.7 Å². The van der Waals surface area contributed by atoms with E-state index in [1.807, 2.05) is 0 Å². The number of piperidine rings is 1. The fraction of sp³-hybridized carbons (Fsp3) is 0.810. The minimum absolute atomic E-state index is 0.404. The fourth-order valence-corrected chi connectivity index (χ4v) is 4.91. The van der Waals surface area contributed by atoms with Crippen LogP contribution in [-0.2, 0) is 14.8 Å². The van der Waals surface area contributed by atoms with E-state index in [4.69, 9.17) is 16.3 Å². The van der Waals surface area contributed by atoms with Crippen molar-refractivity contribution in [3.05, 3.63) is 11.7 Å². The van der Waals surface area contributed by atoms with Crippen LogP contribution in [0.25, 0.3) is 0 Å². The van der Waals surface area contributed by atoms with Crippen molar-refractivity contribution in [2.45, 2.75) is 45.4 Å². The Balaban J connectivity index is 1.59. The van der Waals surface area contributed by atoms with Crippen molar-refractivity contribution in [1.29, 1.82) is 0 Å². The highest BCUT2D eigenvalue weighted by molar-refractivity contribution is 7.88. The third kappa shape index (κ3) is 9.04. The maximum absolute atomic E-state index is 11.1. The summed E-state index contributed by atoms with van der Waals surface area (Å²) in [5.74, 6) is 3.46. The predicted molar refractivity (Wildman–Crippen MR) is 125 cm³/mol. The van der Waals surface area contributed by atoms with Gasteiger partial charge in [0.15, 0.2) is 0 Å². The molecule has 9 heteroatoms. The van der Waals surface area contributed by atoms with Crippen LogP contribution >= 0.6 is 11.6 Å². The highest BCUT2D eigenvalue weighted by Gasteiger charge is 2.43. The molecule has 1 N–H and O–H groups in total. The van der Waals surface area contributed by atoms with Crippen molar-refractivity contribution in [3.8, 4) is 0 Å². The lowest BCUT2D eigenvalue weighted by Crippen LogP contribution is -2.38. The van der Waals surface area contributed by atoms with E-state index in [9.17, 15) is 8.42 Å². The summed E-state index contributed by atoms with van der Waals surface area (Å²) in [5.41, 5.74) is 1.38. The molecule has 0 amide bonds. The number of nitrogens with zero attached hydrogens (tertiary/aromatic N) is 3. The Kier molecular flexibility index (Phi) is 10.8. The number of nitrogens with one attached hydrogen (secondary N) is 1. The van der Waals surface area contributed by atoms with Gasteiger partial charge in [0.05, 0.1) is 6.26 Å². The molecular weight excluding hydrogens is 424 g/mol. The number of likely N-dealkylation sites (tertiary alicyclic amines) is 1. The lowest BCUT2D eigenvalue weighted by molar-refractivity contribution is 0.0888. The molecule has 0 aromatic rings. The SMILES string of the molecule is C=NC(=N/C=C/Cl)N1CCC([C@H]2C[C@H]2CCOCC(CC)CCNS(C)(=O)=O)CC1. The van der Waals surface area contributed by atoms with Crippen molar-refractivity contribution < 1.29 is 13.2 Å². The molecule has 7 nitrogen and oxygen atoms in total. The lowest BCUT2D eigenvalue weighted by atomic mass is 9.90. The quantitative estimate of drug-likeness (QED) is 0.274. The van der Waals surface area contributed by atoms with Crippen LogP contribution in [-0.4, -0.2) is 65.1 Å². The Labute approximate surface area is 187 Å². The van der Waals surface area contributed by atoms with Gasteiger partial charge in [0.25, 0.3) is 0 Å². The molecule has 2 fully saturated rings. The molecule has 0 aromatic heterocycles. The van der Waals surface area contributed by atoms with Crippen LogP contribution in [0, 0.1) is 23.7 Å². The zero-order valence-electron chi connectivity index (χ0n) is 18.3. The molecule has 1 heterocycles. The summed E-state index contributed by atoms with van der Waals surface area (Å²) in [4.78, 5) is 10.4. The average molecular weight is 461 g/mol. The molecular formula is C21H37ClN4O3S. The third-order valence-electron chi connectivity index (χ3n) is 6.27. The van der Waals surface area contributed by atoms with Crippen LogP contribution in [0.2, 0.25) is 0 Å². The van der Waals surface area contributed by atoms with Crippen LogP contribution in [0.3, 0.4) is 0 Å². The molecule has 2 aliphatic rings. The summed E-state index contributed by atoms with van der Waals surface area (Å²) in [7, 11) is -3.10. The number of sulfonamides is 1. The normalized spacial score (nSPS) is 24.4. The molecule has 1 aliphatic carbocycles. The zero-order valence-corrected chi connectivity index (χ0v) is 19.9. The standard InChI is InChI=1S/C21H37ClN4O3S/c1-4-17(5-10-25-30(3,27)28)16-29-14-8-19-15-20(19)18-6-12-26(13-7-18)21(23-2)24-11-9-22/h9,11,17-20,25H,2,4-8,10,12-16H2,1,3H3/b11-9+,24-21?/t17?,19-,20-/m1/s1. The number of ether oxygens (including phenoxy) is 1. The third-order valence-corrected chi connectivity index (χ3v) is 7.11. The Morgan fingerprint density at radius 2 is 2.13 bits per heavy atom. The number of guanidine groups is 1. The summed E-state index contributed by atoms with van der Waals surface area (Å²) < 4.78 is 30.8. The highest BCUT2D eigenvalue weighted by Crippen LogP contribution is 2.49. The van der Waals surface area contributed by atoms with Crippen molar-refractivity contribution in [3.63, 3.8) is 0 Å². The minimum atomic E-state index is -3.10. The maximum Gasteiger partial charge on any atom is 0.224 e. The first-order valence-electron chi connectivity index (χ1n) is 10.9. The predicted octanol–water partition coefficient (Wildman–Crippen LogP) is 3.47. The largest absolute Gasteiger partial charge is 0.381 e. The molecule has 3 atom stereocenters. The molecule has 0 bridgehead atoms.